The maximum atomic E-state index is 12.3. The van der Waals surface area contributed by atoms with E-state index in [0.29, 0.717) is 5.16 Å². The molecule has 0 aliphatic rings. The smallest absolute Gasteiger partial charge is 0.264 e. The van der Waals surface area contributed by atoms with Crippen LogP contribution >= 0.6 is 11.8 Å². The molecule has 0 aliphatic heterocycles. The van der Waals surface area contributed by atoms with Gasteiger partial charge in [-0.2, -0.15) is 5.10 Å². The van der Waals surface area contributed by atoms with Crippen LogP contribution in [0.1, 0.15) is 30.5 Å². The summed E-state index contributed by atoms with van der Waals surface area (Å²) in [5, 5.41) is 15.5. The Morgan fingerprint density at radius 2 is 1.88 bits per heavy atom. The van der Waals surface area contributed by atoms with Crippen LogP contribution in [-0.4, -0.2) is 45.8 Å². The minimum Gasteiger partial charge on any atom is -0.372 e. The number of hydrogen-bond donors (Lipinski definition) is 3. The van der Waals surface area contributed by atoms with Gasteiger partial charge in [0.05, 0.1) is 12.0 Å². The lowest BCUT2D eigenvalue weighted by molar-refractivity contribution is -0.113. The largest absolute Gasteiger partial charge is 0.372 e. The summed E-state index contributed by atoms with van der Waals surface area (Å²) in [4.78, 5) is 14.6. The summed E-state index contributed by atoms with van der Waals surface area (Å²) in [5.41, 5.74) is 7.81. The minimum absolute atomic E-state index is 0.141. The lowest BCUT2D eigenvalue weighted by atomic mass is 10.1. The number of aromatic nitrogens is 3. The summed E-state index contributed by atoms with van der Waals surface area (Å²) in [7, 11) is 0. The van der Waals surface area contributed by atoms with Crippen LogP contribution in [0.3, 0.4) is 0 Å². The summed E-state index contributed by atoms with van der Waals surface area (Å²) in [6.45, 7) is 10.1. The molecule has 4 N–H and O–H groups in total. The predicted octanol–water partition coefficient (Wildman–Crippen LogP) is 3.63. The van der Waals surface area contributed by atoms with E-state index in [4.69, 9.17) is 5.84 Å². The van der Waals surface area contributed by atoms with Crippen molar-refractivity contribution in [2.24, 2.45) is 5.10 Å². The van der Waals surface area contributed by atoms with E-state index < -0.39 is 0 Å². The van der Waals surface area contributed by atoms with E-state index in [0.717, 1.165) is 35.5 Å². The van der Waals surface area contributed by atoms with Gasteiger partial charge in [0, 0.05) is 24.5 Å². The Morgan fingerprint density at radius 1 is 1.15 bits per heavy atom. The number of carbonyl (C=O) groups excluding carboxylic acids is 1. The van der Waals surface area contributed by atoms with Gasteiger partial charge in [0.15, 0.2) is 0 Å². The first-order chi connectivity index (χ1) is 15.9. The highest BCUT2D eigenvalue weighted by atomic mass is 32.2. The Morgan fingerprint density at radius 3 is 2.58 bits per heavy atom. The molecule has 0 bridgehead atoms. The van der Waals surface area contributed by atoms with Crippen LogP contribution in [0.15, 0.2) is 52.7 Å². The second-order valence-corrected chi connectivity index (χ2v) is 8.41. The van der Waals surface area contributed by atoms with E-state index in [-0.39, 0.29) is 17.6 Å². The fourth-order valence-corrected chi connectivity index (χ4v) is 3.82. The number of nitrogens with two attached hydrogens (primary N) is 1. The molecule has 0 saturated carbocycles. The third kappa shape index (κ3) is 6.48. The fraction of sp³-hybridized carbons (Fsp3) is 0.304. The zero-order valence-electron chi connectivity index (χ0n) is 19.4. The molecule has 2 aromatic carbocycles. The van der Waals surface area contributed by atoms with E-state index in [1.165, 1.54) is 22.1 Å². The van der Waals surface area contributed by atoms with E-state index >= 15 is 0 Å². The molecule has 0 unspecified atom stereocenters. The first-order valence-electron chi connectivity index (χ1n) is 10.8. The van der Waals surface area contributed by atoms with Gasteiger partial charge >= 0.3 is 0 Å². The summed E-state index contributed by atoms with van der Waals surface area (Å²) < 4.78 is 1.27. The highest BCUT2D eigenvalue weighted by Crippen LogP contribution is 2.20. The predicted molar refractivity (Wildman–Crippen MR) is 137 cm³/mol. The zero-order chi connectivity index (χ0) is 23.8. The highest BCUT2D eigenvalue weighted by Gasteiger charge is 2.12. The molecule has 0 spiro atoms. The van der Waals surface area contributed by atoms with Gasteiger partial charge in [-0.1, -0.05) is 36.0 Å². The van der Waals surface area contributed by atoms with Gasteiger partial charge in [0.2, 0.25) is 11.1 Å². The maximum Gasteiger partial charge on any atom is 0.264 e. The standard InChI is InChI=1S/C23H30N8OS/c1-5-30(6-2)19-11-9-18(10-12-19)14-25-27-22-28-29-23(31(22)24)33-15-21(32)26-20-13-16(3)7-8-17(20)4/h7-14H,5-6,15,24H2,1-4H3,(H,26,32)(H,27,28)/b25-14+. The van der Waals surface area contributed by atoms with Gasteiger partial charge in [0.1, 0.15) is 0 Å². The van der Waals surface area contributed by atoms with E-state index in [1.54, 1.807) is 6.21 Å². The number of benzene rings is 2. The van der Waals surface area contributed by atoms with Crippen molar-refractivity contribution in [3.05, 3.63) is 59.2 Å². The lowest BCUT2D eigenvalue weighted by Gasteiger charge is -2.20. The van der Waals surface area contributed by atoms with Gasteiger partial charge in [0.25, 0.3) is 5.95 Å². The van der Waals surface area contributed by atoms with Crippen molar-refractivity contribution < 1.29 is 4.79 Å². The van der Waals surface area contributed by atoms with E-state index in [9.17, 15) is 4.79 Å². The normalized spacial score (nSPS) is 11.0. The van der Waals surface area contributed by atoms with Crippen molar-refractivity contribution in [3.63, 3.8) is 0 Å². The van der Waals surface area contributed by atoms with E-state index in [1.807, 2.05) is 44.2 Å². The number of nitrogens with zero attached hydrogens (tertiary/aromatic N) is 5. The fourth-order valence-electron chi connectivity index (χ4n) is 3.16. The average molecular weight is 467 g/mol. The van der Waals surface area contributed by atoms with Crippen molar-refractivity contribution in [2.75, 3.05) is 40.3 Å². The Balaban J connectivity index is 1.53. The molecule has 1 amide bonds. The monoisotopic (exact) mass is 466 g/mol. The Kier molecular flexibility index (Phi) is 8.31. The average Bonchev–Trinajstić information content (AvgIpc) is 3.16. The van der Waals surface area contributed by atoms with Gasteiger partial charge in [-0.05, 0) is 62.6 Å². The van der Waals surface area contributed by atoms with Crippen molar-refractivity contribution in [1.29, 1.82) is 0 Å². The Bertz CT molecular complexity index is 1110. The zero-order valence-corrected chi connectivity index (χ0v) is 20.2. The summed E-state index contributed by atoms with van der Waals surface area (Å²) in [5.74, 6) is 6.34. The molecule has 10 heteroatoms. The second kappa shape index (κ2) is 11.4. The molecule has 0 saturated heterocycles. The summed E-state index contributed by atoms with van der Waals surface area (Å²) in [6, 6.07) is 14.1. The molecule has 0 fully saturated rings. The number of rotatable bonds is 10. The molecule has 1 aromatic heterocycles. The quantitative estimate of drug-likeness (QED) is 0.181. The van der Waals surface area contributed by atoms with Gasteiger partial charge < -0.3 is 16.1 Å². The van der Waals surface area contributed by atoms with Crippen molar-refractivity contribution in [1.82, 2.24) is 14.9 Å². The Labute approximate surface area is 198 Å². The number of amides is 1. The maximum absolute atomic E-state index is 12.3. The van der Waals surface area contributed by atoms with Crippen LogP contribution in [0, 0.1) is 13.8 Å². The van der Waals surface area contributed by atoms with Crippen LogP contribution in [-0.2, 0) is 4.79 Å². The molecular weight excluding hydrogens is 436 g/mol. The first kappa shape index (κ1) is 24.1. The minimum atomic E-state index is -0.141. The SMILES string of the molecule is CCN(CC)c1ccc(/C=N/Nc2nnc(SCC(=O)Nc3cc(C)ccc3C)n2N)cc1. The molecule has 9 nitrogen and oxygen atoms in total. The van der Waals surface area contributed by atoms with Gasteiger partial charge in [-0.3, -0.25) is 4.79 Å². The molecule has 174 valence electrons. The molecule has 1 heterocycles. The van der Waals surface area contributed by atoms with Crippen molar-refractivity contribution in [2.45, 2.75) is 32.9 Å². The molecule has 0 aliphatic carbocycles. The molecule has 3 aromatic rings. The number of nitrogens with one attached hydrogen (secondary N) is 2. The molecule has 33 heavy (non-hydrogen) atoms. The van der Waals surface area contributed by atoms with Crippen LogP contribution < -0.4 is 21.5 Å². The van der Waals surface area contributed by atoms with Crippen LogP contribution in [0.2, 0.25) is 0 Å². The van der Waals surface area contributed by atoms with Crippen LogP contribution in [0.4, 0.5) is 17.3 Å². The number of hydrazone groups is 1. The highest BCUT2D eigenvalue weighted by molar-refractivity contribution is 7.99. The first-order valence-corrected chi connectivity index (χ1v) is 11.7. The third-order valence-corrected chi connectivity index (χ3v) is 6.01. The number of carbonyl (C=O) groups is 1. The number of nitrogen functional groups attached to an aromatic ring is 1. The molecule has 3 rings (SSSR count). The van der Waals surface area contributed by atoms with Gasteiger partial charge in [-0.25, -0.2) is 10.1 Å². The topological polar surface area (TPSA) is 113 Å². The molecular formula is C23H30N8OS. The number of aryl methyl sites for hydroxylation is 2. The number of anilines is 3. The summed E-state index contributed by atoms with van der Waals surface area (Å²) in [6.07, 6.45) is 1.69. The third-order valence-electron chi connectivity index (χ3n) is 5.06. The van der Waals surface area contributed by atoms with Crippen LogP contribution in [0.25, 0.3) is 0 Å². The second-order valence-electron chi connectivity index (χ2n) is 7.47. The number of hydrogen-bond acceptors (Lipinski definition) is 8. The lowest BCUT2D eigenvalue weighted by Crippen LogP contribution is -2.21. The number of thioether (sulfide) groups is 1. The van der Waals surface area contributed by atoms with E-state index in [2.05, 4.69) is 56.9 Å². The Hall–Kier alpha value is -3.53. The van der Waals surface area contributed by atoms with Crippen molar-refractivity contribution >= 4 is 41.2 Å². The molecule has 0 radical (unpaired) electrons. The summed E-state index contributed by atoms with van der Waals surface area (Å²) >= 11 is 1.20. The van der Waals surface area contributed by atoms with Crippen LogP contribution in [0.5, 0.6) is 0 Å². The van der Waals surface area contributed by atoms with Gasteiger partial charge in [-0.15, -0.1) is 10.2 Å². The molecule has 0 atom stereocenters. The van der Waals surface area contributed by atoms with Crippen molar-refractivity contribution in [3.8, 4) is 0 Å².